The predicted octanol–water partition coefficient (Wildman–Crippen LogP) is 3.29. The van der Waals surface area contributed by atoms with Crippen LogP contribution >= 0.6 is 0 Å². The van der Waals surface area contributed by atoms with E-state index in [1.165, 1.54) is 19.6 Å². The molecule has 0 radical (unpaired) electrons. The zero-order valence-corrected chi connectivity index (χ0v) is 15.7. The van der Waals surface area contributed by atoms with Gasteiger partial charge in [0, 0.05) is 24.0 Å². The van der Waals surface area contributed by atoms with Gasteiger partial charge in [-0.3, -0.25) is 9.78 Å². The molecule has 27 heavy (non-hydrogen) atoms. The van der Waals surface area contributed by atoms with Crippen molar-refractivity contribution in [2.45, 2.75) is 32.7 Å². The number of aromatic nitrogens is 1. The lowest BCUT2D eigenvalue weighted by atomic mass is 9.86. The highest BCUT2D eigenvalue weighted by Crippen LogP contribution is 2.28. The summed E-state index contributed by atoms with van der Waals surface area (Å²) >= 11 is 0. The molecule has 1 aromatic carbocycles. The minimum Gasteiger partial charge on any atom is -0.493 e. The minimum absolute atomic E-state index is 0.274. The molecule has 0 aliphatic heterocycles. The molecule has 6 nitrogen and oxygen atoms in total. The number of hydrogen-bond donors (Lipinski definition) is 1. The number of benzene rings is 1. The van der Waals surface area contributed by atoms with Gasteiger partial charge in [-0.1, -0.05) is 6.42 Å². The lowest BCUT2D eigenvalue weighted by molar-refractivity contribution is 0.0600. The van der Waals surface area contributed by atoms with Gasteiger partial charge in [-0.2, -0.15) is 0 Å². The third kappa shape index (κ3) is 5.06. The topological polar surface area (TPSA) is 77.5 Å². The minimum atomic E-state index is -0.497. The van der Waals surface area contributed by atoms with Crippen molar-refractivity contribution >= 4 is 11.9 Å². The number of carbonyl (C=O) groups is 2. The Bertz CT molecular complexity index is 831. The van der Waals surface area contributed by atoms with Gasteiger partial charge < -0.3 is 14.8 Å². The van der Waals surface area contributed by atoms with E-state index in [2.05, 4.69) is 10.3 Å². The normalized spacial score (nSPS) is 13.6. The average Bonchev–Trinajstić information content (AvgIpc) is 2.64. The van der Waals surface area contributed by atoms with E-state index in [1.54, 1.807) is 18.3 Å². The number of nitrogens with zero attached hydrogens (tertiary/aromatic N) is 1. The molecule has 1 N–H and O–H groups in total. The second kappa shape index (κ2) is 8.66. The molecule has 142 valence electrons. The second-order valence-corrected chi connectivity index (χ2v) is 6.83. The summed E-state index contributed by atoms with van der Waals surface area (Å²) < 4.78 is 10.6. The van der Waals surface area contributed by atoms with E-state index in [9.17, 15) is 9.59 Å². The van der Waals surface area contributed by atoms with Gasteiger partial charge in [-0.25, -0.2) is 4.79 Å². The van der Waals surface area contributed by atoms with E-state index >= 15 is 0 Å². The van der Waals surface area contributed by atoms with Gasteiger partial charge in [0.15, 0.2) is 0 Å². The summed E-state index contributed by atoms with van der Waals surface area (Å²) in [5.41, 5.74) is 2.52. The van der Waals surface area contributed by atoms with Gasteiger partial charge in [0.05, 0.1) is 19.3 Å². The molecule has 6 heteroatoms. The Hall–Kier alpha value is -2.89. The molecule has 1 fully saturated rings. The summed E-state index contributed by atoms with van der Waals surface area (Å²) in [4.78, 5) is 28.7. The fraction of sp³-hybridized carbons (Fsp3) is 0.381. The van der Waals surface area contributed by atoms with Crippen molar-refractivity contribution in [1.82, 2.24) is 10.3 Å². The Kier molecular flexibility index (Phi) is 6.06. The van der Waals surface area contributed by atoms with E-state index in [4.69, 9.17) is 9.47 Å². The summed E-state index contributed by atoms with van der Waals surface area (Å²) in [5, 5.41) is 2.87. The number of ether oxygens (including phenoxy) is 2. The van der Waals surface area contributed by atoms with Gasteiger partial charge in [0.2, 0.25) is 0 Å². The number of pyridine rings is 1. The molecule has 1 amide bonds. The van der Waals surface area contributed by atoms with Crippen LogP contribution in [-0.4, -0.2) is 30.6 Å². The van der Waals surface area contributed by atoms with Crippen LogP contribution in [0, 0.1) is 12.8 Å². The van der Waals surface area contributed by atoms with Crippen molar-refractivity contribution in [2.75, 3.05) is 13.7 Å². The standard InChI is InChI=1S/C21H24N2O4/c1-14-8-16(6-7-22-14)12-23-20(24)17-9-18(21(25)26-2)11-19(10-17)27-13-15-4-3-5-15/h6-11,15H,3-5,12-13H2,1-2H3,(H,23,24). The molecule has 1 aliphatic carbocycles. The number of carbonyl (C=O) groups excluding carboxylic acids is 2. The van der Waals surface area contributed by atoms with Crippen LogP contribution in [0.3, 0.4) is 0 Å². The molecular formula is C21H24N2O4. The lowest BCUT2D eigenvalue weighted by Gasteiger charge is -2.25. The smallest absolute Gasteiger partial charge is 0.338 e. The van der Waals surface area contributed by atoms with Crippen LogP contribution in [0.2, 0.25) is 0 Å². The molecule has 1 saturated carbocycles. The van der Waals surface area contributed by atoms with Crippen molar-refractivity contribution in [3.63, 3.8) is 0 Å². The SMILES string of the molecule is COC(=O)c1cc(OCC2CCC2)cc(C(=O)NCc2ccnc(C)c2)c1. The molecule has 2 aromatic rings. The zero-order valence-electron chi connectivity index (χ0n) is 15.7. The Labute approximate surface area is 158 Å². The third-order valence-electron chi connectivity index (χ3n) is 4.71. The number of amides is 1. The first-order valence-electron chi connectivity index (χ1n) is 9.11. The number of rotatable bonds is 7. The van der Waals surface area contributed by atoms with Gasteiger partial charge in [-0.15, -0.1) is 0 Å². The highest BCUT2D eigenvalue weighted by Gasteiger charge is 2.19. The molecular weight excluding hydrogens is 344 g/mol. The number of esters is 1. The Morgan fingerprint density at radius 1 is 1.19 bits per heavy atom. The summed E-state index contributed by atoms with van der Waals surface area (Å²) in [6.45, 7) is 2.88. The van der Waals surface area contributed by atoms with Crippen molar-refractivity contribution in [1.29, 1.82) is 0 Å². The summed E-state index contributed by atoms with van der Waals surface area (Å²) in [6.07, 6.45) is 5.27. The maximum atomic E-state index is 12.6. The molecule has 0 saturated heterocycles. The third-order valence-corrected chi connectivity index (χ3v) is 4.71. The summed E-state index contributed by atoms with van der Waals surface area (Å²) in [7, 11) is 1.32. The zero-order chi connectivity index (χ0) is 19.2. The number of nitrogens with one attached hydrogen (secondary N) is 1. The van der Waals surface area contributed by atoms with Crippen molar-refractivity contribution < 1.29 is 19.1 Å². The molecule has 3 rings (SSSR count). The lowest BCUT2D eigenvalue weighted by Crippen LogP contribution is -2.24. The van der Waals surface area contributed by atoms with E-state index in [0.29, 0.717) is 35.9 Å². The van der Waals surface area contributed by atoms with Crippen LogP contribution in [0.5, 0.6) is 5.75 Å². The molecule has 1 aromatic heterocycles. The second-order valence-electron chi connectivity index (χ2n) is 6.83. The summed E-state index contributed by atoms with van der Waals surface area (Å²) in [5.74, 6) is 0.292. The molecule has 0 atom stereocenters. The highest BCUT2D eigenvalue weighted by molar-refractivity contribution is 5.98. The van der Waals surface area contributed by atoms with E-state index in [0.717, 1.165) is 24.1 Å². The van der Waals surface area contributed by atoms with Crippen LogP contribution in [0.4, 0.5) is 0 Å². The van der Waals surface area contributed by atoms with E-state index < -0.39 is 5.97 Å². The molecule has 1 aliphatic rings. The van der Waals surface area contributed by atoms with Crippen LogP contribution in [-0.2, 0) is 11.3 Å². The van der Waals surface area contributed by atoms with E-state index in [1.807, 2.05) is 19.1 Å². The van der Waals surface area contributed by atoms with Crippen molar-refractivity contribution in [3.05, 3.63) is 58.9 Å². The average molecular weight is 368 g/mol. The highest BCUT2D eigenvalue weighted by atomic mass is 16.5. The maximum absolute atomic E-state index is 12.6. The van der Waals surface area contributed by atoms with Gasteiger partial charge in [0.25, 0.3) is 5.91 Å². The van der Waals surface area contributed by atoms with Gasteiger partial charge in [-0.05, 0) is 61.6 Å². The largest absolute Gasteiger partial charge is 0.493 e. The Balaban J connectivity index is 1.72. The number of methoxy groups -OCH3 is 1. The predicted molar refractivity (Wildman–Crippen MR) is 101 cm³/mol. The van der Waals surface area contributed by atoms with Crippen LogP contribution in [0.1, 0.15) is 51.2 Å². The number of hydrogen-bond acceptors (Lipinski definition) is 5. The fourth-order valence-electron chi connectivity index (χ4n) is 2.92. The maximum Gasteiger partial charge on any atom is 0.338 e. The van der Waals surface area contributed by atoms with Crippen LogP contribution in [0.15, 0.2) is 36.5 Å². The Morgan fingerprint density at radius 3 is 2.63 bits per heavy atom. The van der Waals surface area contributed by atoms with Gasteiger partial charge >= 0.3 is 5.97 Å². The molecule has 0 bridgehead atoms. The molecule has 0 unspecified atom stereocenters. The van der Waals surface area contributed by atoms with Crippen LogP contribution < -0.4 is 10.1 Å². The quantitative estimate of drug-likeness (QED) is 0.759. The molecule has 0 spiro atoms. The first-order chi connectivity index (χ1) is 13.0. The van der Waals surface area contributed by atoms with Crippen molar-refractivity contribution in [2.24, 2.45) is 5.92 Å². The summed E-state index contributed by atoms with van der Waals surface area (Å²) in [6, 6.07) is 8.57. The van der Waals surface area contributed by atoms with Gasteiger partial charge in [0.1, 0.15) is 5.75 Å². The van der Waals surface area contributed by atoms with Crippen LogP contribution in [0.25, 0.3) is 0 Å². The first kappa shape index (κ1) is 18.9. The monoisotopic (exact) mass is 368 g/mol. The van der Waals surface area contributed by atoms with E-state index in [-0.39, 0.29) is 5.91 Å². The molecule has 1 heterocycles. The fourth-order valence-corrected chi connectivity index (χ4v) is 2.92. The Morgan fingerprint density at radius 2 is 1.96 bits per heavy atom. The first-order valence-corrected chi connectivity index (χ1v) is 9.11. The van der Waals surface area contributed by atoms with Crippen molar-refractivity contribution in [3.8, 4) is 5.75 Å². The number of aryl methyl sites for hydroxylation is 1.